The second-order valence-corrected chi connectivity index (χ2v) is 6.66. The lowest BCUT2D eigenvalue weighted by Gasteiger charge is -2.14. The highest BCUT2D eigenvalue weighted by Crippen LogP contribution is 2.29. The molecule has 2 N–H and O–H groups in total. The molecule has 0 aliphatic carbocycles. The van der Waals surface area contributed by atoms with Gasteiger partial charge in [0.05, 0.1) is 7.11 Å². The highest BCUT2D eigenvalue weighted by molar-refractivity contribution is 9.10. The van der Waals surface area contributed by atoms with Crippen molar-refractivity contribution in [2.75, 3.05) is 12.5 Å². The van der Waals surface area contributed by atoms with Gasteiger partial charge in [0.15, 0.2) is 11.5 Å². The Morgan fingerprint density at radius 1 is 0.846 bits per heavy atom. The Morgan fingerprint density at radius 2 is 1.69 bits per heavy atom. The predicted molar refractivity (Wildman–Crippen MR) is 108 cm³/mol. The maximum absolute atomic E-state index is 5.98. The van der Waals surface area contributed by atoms with Gasteiger partial charge in [-0.3, -0.25) is 0 Å². The standard InChI is InChI=1S/C21H21BrN2O2/c1-25-20-11-10-16(14-23-24-19-8-3-2-4-9-19)13-21(20)26-15-17-6-5-7-18(22)12-17/h2-13,23-24H,14-15H2,1H3. The average Bonchev–Trinajstić information content (AvgIpc) is 2.67. The number of halogens is 1. The quantitative estimate of drug-likeness (QED) is 0.501. The molecule has 3 rings (SSSR count). The first kappa shape index (κ1) is 18.3. The Kier molecular flexibility index (Phi) is 6.52. The van der Waals surface area contributed by atoms with Crippen molar-refractivity contribution in [3.8, 4) is 11.5 Å². The van der Waals surface area contributed by atoms with Crippen LogP contribution in [0, 0.1) is 0 Å². The SMILES string of the molecule is COc1ccc(CNNc2ccccc2)cc1OCc1cccc(Br)c1. The summed E-state index contributed by atoms with van der Waals surface area (Å²) in [7, 11) is 1.65. The summed E-state index contributed by atoms with van der Waals surface area (Å²) in [5.74, 6) is 1.45. The van der Waals surface area contributed by atoms with Crippen molar-refractivity contribution in [3.05, 3.63) is 88.4 Å². The van der Waals surface area contributed by atoms with Gasteiger partial charge in [-0.2, -0.15) is 0 Å². The number of ether oxygens (including phenoxy) is 2. The maximum Gasteiger partial charge on any atom is 0.161 e. The van der Waals surface area contributed by atoms with E-state index >= 15 is 0 Å². The highest BCUT2D eigenvalue weighted by Gasteiger charge is 2.07. The minimum atomic E-state index is 0.481. The van der Waals surface area contributed by atoms with Gasteiger partial charge in [0.25, 0.3) is 0 Å². The smallest absolute Gasteiger partial charge is 0.161 e. The van der Waals surface area contributed by atoms with Crippen LogP contribution in [0.5, 0.6) is 11.5 Å². The van der Waals surface area contributed by atoms with Crippen molar-refractivity contribution < 1.29 is 9.47 Å². The van der Waals surface area contributed by atoms with Crippen LogP contribution in [0.4, 0.5) is 5.69 Å². The van der Waals surface area contributed by atoms with Gasteiger partial charge in [-0.1, -0.05) is 52.3 Å². The molecule has 3 aromatic carbocycles. The van der Waals surface area contributed by atoms with E-state index in [-0.39, 0.29) is 0 Å². The van der Waals surface area contributed by atoms with Crippen LogP contribution in [0.3, 0.4) is 0 Å². The molecular weight excluding hydrogens is 392 g/mol. The summed E-state index contributed by atoms with van der Waals surface area (Å²) in [5.41, 5.74) is 9.60. The van der Waals surface area contributed by atoms with Gasteiger partial charge >= 0.3 is 0 Å². The molecule has 0 atom stereocenters. The molecule has 0 aliphatic rings. The van der Waals surface area contributed by atoms with Crippen molar-refractivity contribution in [2.45, 2.75) is 13.2 Å². The van der Waals surface area contributed by atoms with Gasteiger partial charge in [-0.05, 0) is 47.5 Å². The minimum absolute atomic E-state index is 0.481. The third-order valence-corrected chi connectivity index (χ3v) is 4.30. The van der Waals surface area contributed by atoms with Gasteiger partial charge in [0.2, 0.25) is 0 Å². The number of nitrogens with one attached hydrogen (secondary N) is 2. The third-order valence-electron chi connectivity index (χ3n) is 3.81. The van der Waals surface area contributed by atoms with Crippen molar-refractivity contribution in [1.82, 2.24) is 5.43 Å². The van der Waals surface area contributed by atoms with E-state index < -0.39 is 0 Å². The monoisotopic (exact) mass is 412 g/mol. The largest absolute Gasteiger partial charge is 0.493 e. The summed E-state index contributed by atoms with van der Waals surface area (Å²) < 4.78 is 12.4. The summed E-state index contributed by atoms with van der Waals surface area (Å²) in [4.78, 5) is 0. The topological polar surface area (TPSA) is 42.5 Å². The van der Waals surface area contributed by atoms with Crippen LogP contribution >= 0.6 is 15.9 Å². The first-order valence-corrected chi connectivity index (χ1v) is 9.12. The number of hydrogen-bond donors (Lipinski definition) is 2. The van der Waals surface area contributed by atoms with Crippen LogP contribution in [-0.4, -0.2) is 7.11 Å². The van der Waals surface area contributed by atoms with Crippen molar-refractivity contribution in [3.63, 3.8) is 0 Å². The second kappa shape index (κ2) is 9.27. The fourth-order valence-electron chi connectivity index (χ4n) is 2.50. The van der Waals surface area contributed by atoms with E-state index in [4.69, 9.17) is 9.47 Å². The van der Waals surface area contributed by atoms with Crippen LogP contribution < -0.4 is 20.3 Å². The number of rotatable bonds is 8. The lowest BCUT2D eigenvalue weighted by atomic mass is 10.2. The third kappa shape index (κ3) is 5.25. The molecular formula is C21H21BrN2O2. The zero-order chi connectivity index (χ0) is 18.2. The molecule has 0 heterocycles. The maximum atomic E-state index is 5.98. The van der Waals surface area contributed by atoms with Gasteiger partial charge in [-0.15, -0.1) is 0 Å². The van der Waals surface area contributed by atoms with E-state index in [9.17, 15) is 0 Å². The van der Waals surface area contributed by atoms with Crippen LogP contribution in [0.15, 0.2) is 77.3 Å². The summed E-state index contributed by atoms with van der Waals surface area (Å²) in [5, 5.41) is 0. The van der Waals surface area contributed by atoms with E-state index in [1.54, 1.807) is 7.11 Å². The summed E-state index contributed by atoms with van der Waals surface area (Å²) in [6, 6.07) is 24.0. The molecule has 0 spiro atoms. The molecule has 0 unspecified atom stereocenters. The Hall–Kier alpha value is -2.50. The van der Waals surface area contributed by atoms with Crippen LogP contribution in [0.2, 0.25) is 0 Å². The fourth-order valence-corrected chi connectivity index (χ4v) is 2.95. The van der Waals surface area contributed by atoms with E-state index in [1.807, 2.05) is 72.8 Å². The van der Waals surface area contributed by atoms with Crippen LogP contribution in [-0.2, 0) is 13.2 Å². The number of anilines is 1. The summed E-state index contributed by atoms with van der Waals surface area (Å²) >= 11 is 3.48. The first-order chi connectivity index (χ1) is 12.7. The van der Waals surface area contributed by atoms with E-state index in [1.165, 1.54) is 0 Å². The van der Waals surface area contributed by atoms with Gasteiger partial charge < -0.3 is 14.9 Å². The Morgan fingerprint density at radius 3 is 2.46 bits per heavy atom. The van der Waals surface area contributed by atoms with Gasteiger partial charge in [0, 0.05) is 16.7 Å². The van der Waals surface area contributed by atoms with E-state index in [0.717, 1.165) is 32.8 Å². The second-order valence-electron chi connectivity index (χ2n) is 5.75. The van der Waals surface area contributed by atoms with E-state index in [2.05, 4.69) is 26.8 Å². The zero-order valence-corrected chi connectivity index (χ0v) is 16.1. The lowest BCUT2D eigenvalue weighted by molar-refractivity contribution is 0.284. The van der Waals surface area contributed by atoms with Crippen molar-refractivity contribution in [2.24, 2.45) is 0 Å². The number of methoxy groups -OCH3 is 1. The van der Waals surface area contributed by atoms with Crippen LogP contribution in [0.1, 0.15) is 11.1 Å². The Bertz CT molecular complexity index is 840. The molecule has 0 aliphatic heterocycles. The molecule has 0 aromatic heterocycles. The minimum Gasteiger partial charge on any atom is -0.493 e. The summed E-state index contributed by atoms with van der Waals surface area (Å²) in [6.07, 6.45) is 0. The van der Waals surface area contributed by atoms with Crippen LogP contribution in [0.25, 0.3) is 0 Å². The van der Waals surface area contributed by atoms with Crippen molar-refractivity contribution >= 4 is 21.6 Å². The molecule has 134 valence electrons. The molecule has 0 amide bonds. The first-order valence-electron chi connectivity index (χ1n) is 8.32. The molecule has 26 heavy (non-hydrogen) atoms. The van der Waals surface area contributed by atoms with E-state index in [0.29, 0.717) is 13.2 Å². The zero-order valence-electron chi connectivity index (χ0n) is 14.5. The summed E-state index contributed by atoms with van der Waals surface area (Å²) in [6.45, 7) is 1.14. The number of benzene rings is 3. The lowest BCUT2D eigenvalue weighted by Crippen LogP contribution is -2.20. The molecule has 0 saturated carbocycles. The molecule has 0 saturated heterocycles. The van der Waals surface area contributed by atoms with Gasteiger partial charge in [0.1, 0.15) is 6.61 Å². The molecule has 0 radical (unpaired) electrons. The molecule has 4 nitrogen and oxygen atoms in total. The molecule has 3 aromatic rings. The van der Waals surface area contributed by atoms with Crippen molar-refractivity contribution in [1.29, 1.82) is 0 Å². The number of hydrazine groups is 1. The number of hydrogen-bond acceptors (Lipinski definition) is 4. The number of para-hydroxylation sites is 1. The highest BCUT2D eigenvalue weighted by atomic mass is 79.9. The normalized spacial score (nSPS) is 10.4. The fraction of sp³-hybridized carbons (Fsp3) is 0.143. The predicted octanol–water partition coefficient (Wildman–Crippen LogP) is 5.15. The Balaban J connectivity index is 1.62. The van der Waals surface area contributed by atoms with Gasteiger partial charge in [-0.25, -0.2) is 5.43 Å². The molecule has 5 heteroatoms. The average molecular weight is 413 g/mol. The molecule has 0 fully saturated rings. The Labute approximate surface area is 162 Å². The molecule has 0 bridgehead atoms.